The number of rotatable bonds is 4. The molecule has 6 nitrogen and oxygen atoms in total. The van der Waals surface area contributed by atoms with Crippen molar-refractivity contribution in [3.05, 3.63) is 53.6 Å². The van der Waals surface area contributed by atoms with Crippen molar-refractivity contribution < 1.29 is 19.0 Å². The summed E-state index contributed by atoms with van der Waals surface area (Å²) in [7, 11) is 0. The second-order valence-electron chi connectivity index (χ2n) is 7.61. The van der Waals surface area contributed by atoms with E-state index in [0.717, 1.165) is 48.6 Å². The number of hydrogen-bond acceptors (Lipinski definition) is 6. The number of aryl methyl sites for hydroxylation is 1. The third kappa shape index (κ3) is 3.92. The van der Waals surface area contributed by atoms with Crippen LogP contribution in [0.5, 0.6) is 5.75 Å². The van der Waals surface area contributed by atoms with Gasteiger partial charge in [-0.05, 0) is 43.5 Å². The topological polar surface area (TPSA) is 74.0 Å². The highest BCUT2D eigenvalue weighted by Crippen LogP contribution is 2.39. The zero-order chi connectivity index (χ0) is 19.6. The number of nitrogens with zero attached hydrogens (tertiary/aromatic N) is 1. The van der Waals surface area contributed by atoms with Crippen LogP contribution < -0.4 is 15.4 Å². The number of nitrogens with two attached hydrogens (primary N) is 1. The number of benzene rings is 2. The summed E-state index contributed by atoms with van der Waals surface area (Å²) in [4.78, 5) is 14.5. The van der Waals surface area contributed by atoms with E-state index in [0.29, 0.717) is 18.8 Å². The minimum atomic E-state index is -0.560. The minimum Gasteiger partial charge on any atom is -0.484 e. The molecule has 2 heterocycles. The van der Waals surface area contributed by atoms with E-state index in [-0.39, 0.29) is 12.6 Å². The highest BCUT2D eigenvalue weighted by Gasteiger charge is 2.34. The van der Waals surface area contributed by atoms with Crippen molar-refractivity contribution in [2.75, 3.05) is 43.5 Å². The summed E-state index contributed by atoms with van der Waals surface area (Å²) >= 11 is 0. The van der Waals surface area contributed by atoms with E-state index >= 15 is 0 Å². The molecule has 1 saturated heterocycles. The van der Waals surface area contributed by atoms with Gasteiger partial charge in [-0.25, -0.2) is 4.79 Å². The van der Waals surface area contributed by atoms with Crippen molar-refractivity contribution in [2.24, 2.45) is 0 Å². The van der Waals surface area contributed by atoms with E-state index < -0.39 is 5.60 Å². The Labute approximate surface area is 165 Å². The van der Waals surface area contributed by atoms with Crippen LogP contribution in [0.2, 0.25) is 0 Å². The Morgan fingerprint density at radius 2 is 1.96 bits per heavy atom. The molecular formula is C22H26N2O4. The number of nitrogen functional groups attached to an aromatic ring is 1. The molecule has 4 rings (SSSR count). The molecule has 2 aliphatic rings. The SMILES string of the molecule is CC1(COC(=O)c2ccccc2)CCc2cc(N)c(N3CCOCC3)cc2O1. The standard InChI is InChI=1S/C22H26N2O4/c1-22(15-27-21(25)16-5-3-2-4-6-16)8-7-17-13-18(23)19(14-20(17)28-22)24-9-11-26-12-10-24/h2-6,13-14H,7-12,15,23H2,1H3. The van der Waals surface area contributed by atoms with Gasteiger partial charge in [0.2, 0.25) is 0 Å². The monoisotopic (exact) mass is 382 g/mol. The van der Waals surface area contributed by atoms with Gasteiger partial charge in [-0.2, -0.15) is 0 Å². The smallest absolute Gasteiger partial charge is 0.338 e. The van der Waals surface area contributed by atoms with Crippen LogP contribution in [0.4, 0.5) is 11.4 Å². The Morgan fingerprint density at radius 1 is 1.21 bits per heavy atom. The number of hydrogen-bond donors (Lipinski definition) is 1. The first-order valence-electron chi connectivity index (χ1n) is 9.70. The Morgan fingerprint density at radius 3 is 2.71 bits per heavy atom. The molecule has 1 fully saturated rings. The average molecular weight is 382 g/mol. The molecule has 0 aromatic heterocycles. The lowest BCUT2D eigenvalue weighted by Crippen LogP contribution is -2.42. The highest BCUT2D eigenvalue weighted by atomic mass is 16.6. The Balaban J connectivity index is 1.47. The number of morpholine rings is 1. The summed E-state index contributed by atoms with van der Waals surface area (Å²) in [6.45, 7) is 5.22. The Kier molecular flexibility index (Phi) is 5.13. The van der Waals surface area contributed by atoms with Gasteiger partial charge in [0.05, 0.1) is 30.2 Å². The van der Waals surface area contributed by atoms with Gasteiger partial charge in [-0.1, -0.05) is 18.2 Å². The molecule has 6 heteroatoms. The fourth-order valence-electron chi connectivity index (χ4n) is 3.69. The molecule has 2 aromatic rings. The van der Waals surface area contributed by atoms with Crippen molar-refractivity contribution >= 4 is 17.3 Å². The van der Waals surface area contributed by atoms with Gasteiger partial charge in [-0.3, -0.25) is 0 Å². The molecule has 2 N–H and O–H groups in total. The number of fused-ring (bicyclic) bond motifs is 1. The summed E-state index contributed by atoms with van der Waals surface area (Å²) in [5.74, 6) is 0.489. The zero-order valence-electron chi connectivity index (χ0n) is 16.1. The molecule has 1 unspecified atom stereocenters. The largest absolute Gasteiger partial charge is 0.484 e. The lowest BCUT2D eigenvalue weighted by Gasteiger charge is -2.37. The van der Waals surface area contributed by atoms with Gasteiger partial charge < -0.3 is 24.8 Å². The normalized spacial score (nSPS) is 21.5. The second-order valence-corrected chi connectivity index (χ2v) is 7.61. The van der Waals surface area contributed by atoms with Crippen LogP contribution in [-0.2, 0) is 15.9 Å². The van der Waals surface area contributed by atoms with Crippen molar-refractivity contribution in [3.8, 4) is 5.75 Å². The quantitative estimate of drug-likeness (QED) is 0.647. The molecule has 0 aliphatic carbocycles. The van der Waals surface area contributed by atoms with Gasteiger partial charge in [0, 0.05) is 19.2 Å². The van der Waals surface area contributed by atoms with Crippen LogP contribution >= 0.6 is 0 Å². The first-order chi connectivity index (χ1) is 13.5. The lowest BCUT2D eigenvalue weighted by molar-refractivity contribution is -0.0159. The second kappa shape index (κ2) is 7.72. The molecule has 1 atom stereocenters. The van der Waals surface area contributed by atoms with E-state index in [1.807, 2.05) is 37.3 Å². The van der Waals surface area contributed by atoms with Gasteiger partial charge in [0.25, 0.3) is 0 Å². The van der Waals surface area contributed by atoms with Crippen LogP contribution in [0.25, 0.3) is 0 Å². The van der Waals surface area contributed by atoms with Gasteiger partial charge >= 0.3 is 5.97 Å². The minimum absolute atomic E-state index is 0.206. The maximum Gasteiger partial charge on any atom is 0.338 e. The van der Waals surface area contributed by atoms with Crippen molar-refractivity contribution in [1.29, 1.82) is 0 Å². The third-order valence-corrected chi connectivity index (χ3v) is 5.36. The van der Waals surface area contributed by atoms with Crippen LogP contribution in [0.1, 0.15) is 29.3 Å². The molecule has 0 saturated carbocycles. The molecule has 0 spiro atoms. The van der Waals surface area contributed by atoms with E-state index in [9.17, 15) is 4.79 Å². The van der Waals surface area contributed by atoms with Crippen molar-refractivity contribution in [2.45, 2.75) is 25.4 Å². The highest BCUT2D eigenvalue weighted by molar-refractivity contribution is 5.89. The first kappa shape index (κ1) is 18.6. The molecule has 0 radical (unpaired) electrons. The van der Waals surface area contributed by atoms with Crippen LogP contribution in [-0.4, -0.2) is 44.5 Å². The predicted octanol–water partition coefficient (Wildman–Crippen LogP) is 3.05. The zero-order valence-corrected chi connectivity index (χ0v) is 16.1. The number of carbonyl (C=O) groups is 1. The molecule has 2 aromatic carbocycles. The van der Waals surface area contributed by atoms with Crippen LogP contribution in [0, 0.1) is 0 Å². The van der Waals surface area contributed by atoms with Gasteiger partial charge in [0.1, 0.15) is 18.0 Å². The lowest BCUT2D eigenvalue weighted by atomic mass is 9.92. The predicted molar refractivity (Wildman–Crippen MR) is 108 cm³/mol. The summed E-state index contributed by atoms with van der Waals surface area (Å²) in [6.07, 6.45) is 1.60. The maximum absolute atomic E-state index is 12.3. The molecule has 148 valence electrons. The first-order valence-corrected chi connectivity index (χ1v) is 9.70. The van der Waals surface area contributed by atoms with Crippen LogP contribution in [0.3, 0.4) is 0 Å². The van der Waals surface area contributed by atoms with Crippen molar-refractivity contribution in [1.82, 2.24) is 0 Å². The fourth-order valence-corrected chi connectivity index (χ4v) is 3.69. The summed E-state index contributed by atoms with van der Waals surface area (Å²) in [6, 6.07) is 13.0. The fraction of sp³-hybridized carbons (Fsp3) is 0.409. The molecule has 2 aliphatic heterocycles. The number of esters is 1. The Bertz CT molecular complexity index is 849. The van der Waals surface area contributed by atoms with E-state index in [2.05, 4.69) is 4.90 Å². The molecule has 28 heavy (non-hydrogen) atoms. The van der Waals surface area contributed by atoms with Gasteiger partial charge in [-0.15, -0.1) is 0 Å². The number of carbonyl (C=O) groups excluding carboxylic acids is 1. The maximum atomic E-state index is 12.3. The molecular weight excluding hydrogens is 356 g/mol. The number of ether oxygens (including phenoxy) is 3. The molecule has 0 amide bonds. The van der Waals surface area contributed by atoms with Gasteiger partial charge in [0.15, 0.2) is 0 Å². The third-order valence-electron chi connectivity index (χ3n) is 5.36. The summed E-state index contributed by atoms with van der Waals surface area (Å²) < 4.78 is 17.3. The summed E-state index contributed by atoms with van der Waals surface area (Å²) in [5.41, 5.74) is 9.13. The number of anilines is 2. The van der Waals surface area contributed by atoms with E-state index in [4.69, 9.17) is 19.9 Å². The summed E-state index contributed by atoms with van der Waals surface area (Å²) in [5, 5.41) is 0. The van der Waals surface area contributed by atoms with Crippen LogP contribution in [0.15, 0.2) is 42.5 Å². The van der Waals surface area contributed by atoms with E-state index in [1.165, 1.54) is 0 Å². The average Bonchev–Trinajstić information content (AvgIpc) is 2.73. The van der Waals surface area contributed by atoms with Crippen molar-refractivity contribution in [3.63, 3.8) is 0 Å². The molecule has 0 bridgehead atoms. The Hall–Kier alpha value is -2.73. The van der Waals surface area contributed by atoms with E-state index in [1.54, 1.807) is 12.1 Å².